The highest BCUT2D eigenvalue weighted by molar-refractivity contribution is 6.13. The van der Waals surface area contributed by atoms with Gasteiger partial charge in [-0.15, -0.1) is 0 Å². The maximum atomic E-state index is 2.36. The largest absolute Gasteiger partial charge is 0.311 e. The summed E-state index contributed by atoms with van der Waals surface area (Å²) in [5.41, 5.74) is 17.7. The zero-order valence-electron chi connectivity index (χ0n) is 34.8. The molecule has 296 valence electrons. The number of hydrogen-bond acceptors (Lipinski definition) is 1. The minimum absolute atomic E-state index is 1.09. The van der Waals surface area contributed by atoms with Gasteiger partial charge < -0.3 is 4.90 Å². The molecule has 0 aromatic heterocycles. The average molecular weight is 802 g/mol. The molecule has 0 aliphatic rings. The van der Waals surface area contributed by atoms with Gasteiger partial charge >= 0.3 is 0 Å². The molecule has 0 amide bonds. The van der Waals surface area contributed by atoms with Crippen LogP contribution >= 0.6 is 0 Å². The molecule has 0 aliphatic heterocycles. The van der Waals surface area contributed by atoms with E-state index in [1.807, 2.05) is 0 Å². The van der Waals surface area contributed by atoms with Crippen LogP contribution in [-0.4, -0.2) is 0 Å². The van der Waals surface area contributed by atoms with Gasteiger partial charge in [-0.1, -0.05) is 218 Å². The summed E-state index contributed by atoms with van der Waals surface area (Å²) >= 11 is 0. The van der Waals surface area contributed by atoms with Gasteiger partial charge in [0.1, 0.15) is 0 Å². The van der Waals surface area contributed by atoms with E-state index in [9.17, 15) is 0 Å². The molecule has 63 heavy (non-hydrogen) atoms. The Balaban J connectivity index is 0.986. The summed E-state index contributed by atoms with van der Waals surface area (Å²) in [7, 11) is 0. The molecule has 1 heteroatoms. The summed E-state index contributed by atoms with van der Waals surface area (Å²) < 4.78 is 0. The van der Waals surface area contributed by atoms with Crippen molar-refractivity contribution in [3.63, 3.8) is 0 Å². The Morgan fingerprint density at radius 3 is 1.02 bits per heavy atom. The Kier molecular flexibility index (Phi) is 9.97. The Labute approximate surface area is 369 Å². The van der Waals surface area contributed by atoms with Crippen LogP contribution in [0.25, 0.3) is 88.3 Å². The second-order valence-electron chi connectivity index (χ2n) is 16.0. The lowest BCUT2D eigenvalue weighted by Gasteiger charge is -2.26. The lowest BCUT2D eigenvalue weighted by atomic mass is 9.87. The quantitative estimate of drug-likeness (QED) is 0.131. The number of nitrogens with zero attached hydrogens (tertiary/aromatic N) is 1. The van der Waals surface area contributed by atoms with E-state index in [2.05, 4.69) is 266 Å². The van der Waals surface area contributed by atoms with Crippen molar-refractivity contribution in [2.75, 3.05) is 4.90 Å². The van der Waals surface area contributed by atoms with Crippen LogP contribution in [0.1, 0.15) is 0 Å². The van der Waals surface area contributed by atoms with Crippen LogP contribution in [0, 0.1) is 0 Å². The van der Waals surface area contributed by atoms with Gasteiger partial charge in [-0.3, -0.25) is 0 Å². The molecule has 0 atom stereocenters. The summed E-state index contributed by atoms with van der Waals surface area (Å²) in [6.45, 7) is 0. The minimum atomic E-state index is 1.09. The van der Waals surface area contributed by atoms with Gasteiger partial charge in [-0.25, -0.2) is 0 Å². The summed E-state index contributed by atoms with van der Waals surface area (Å²) in [6.07, 6.45) is 0. The van der Waals surface area contributed by atoms with Gasteiger partial charge in [-0.2, -0.15) is 0 Å². The first-order valence-corrected chi connectivity index (χ1v) is 21.7. The fourth-order valence-electron chi connectivity index (χ4n) is 9.26. The van der Waals surface area contributed by atoms with Gasteiger partial charge in [0, 0.05) is 17.1 Å². The molecule has 0 fully saturated rings. The van der Waals surface area contributed by atoms with Crippen molar-refractivity contribution in [1.29, 1.82) is 0 Å². The topological polar surface area (TPSA) is 3.24 Å². The van der Waals surface area contributed by atoms with Crippen LogP contribution in [-0.2, 0) is 0 Å². The van der Waals surface area contributed by atoms with E-state index < -0.39 is 0 Å². The van der Waals surface area contributed by atoms with Crippen LogP contribution in [0.4, 0.5) is 17.1 Å². The second-order valence-corrected chi connectivity index (χ2v) is 16.0. The molecule has 11 aromatic rings. The summed E-state index contributed by atoms with van der Waals surface area (Å²) in [5, 5.41) is 5.06. The van der Waals surface area contributed by atoms with Gasteiger partial charge in [-0.05, 0) is 131 Å². The number of fused-ring (bicyclic) bond motifs is 3. The van der Waals surface area contributed by atoms with Crippen LogP contribution in [0.2, 0.25) is 0 Å². The zero-order valence-corrected chi connectivity index (χ0v) is 34.8. The van der Waals surface area contributed by atoms with Crippen molar-refractivity contribution >= 4 is 38.6 Å². The van der Waals surface area contributed by atoms with Crippen molar-refractivity contribution in [1.82, 2.24) is 0 Å². The third-order valence-corrected chi connectivity index (χ3v) is 12.3. The van der Waals surface area contributed by atoms with Gasteiger partial charge in [0.05, 0.1) is 0 Å². The first kappa shape index (κ1) is 37.7. The van der Waals surface area contributed by atoms with Crippen LogP contribution in [0.3, 0.4) is 0 Å². The molecule has 1 nitrogen and oxygen atoms in total. The molecular formula is C62H43N. The molecule has 0 unspecified atom stereocenters. The van der Waals surface area contributed by atoms with Gasteiger partial charge in [0.2, 0.25) is 0 Å². The third kappa shape index (κ3) is 7.26. The van der Waals surface area contributed by atoms with Crippen molar-refractivity contribution in [2.24, 2.45) is 0 Å². The molecule has 0 heterocycles. The minimum Gasteiger partial charge on any atom is -0.311 e. The maximum Gasteiger partial charge on any atom is 0.0462 e. The highest BCUT2D eigenvalue weighted by Crippen LogP contribution is 2.43. The van der Waals surface area contributed by atoms with E-state index in [1.165, 1.54) is 88.3 Å². The van der Waals surface area contributed by atoms with Crippen molar-refractivity contribution in [2.45, 2.75) is 0 Å². The van der Waals surface area contributed by atoms with E-state index in [0.717, 1.165) is 17.1 Å². The molecule has 11 aromatic carbocycles. The number of anilines is 3. The Morgan fingerprint density at radius 2 is 0.508 bits per heavy atom. The third-order valence-electron chi connectivity index (χ3n) is 12.3. The number of hydrogen-bond donors (Lipinski definition) is 0. The van der Waals surface area contributed by atoms with Crippen molar-refractivity contribution in [3.05, 3.63) is 261 Å². The predicted octanol–water partition coefficient (Wildman–Crippen LogP) is 17.5. The Bertz CT molecular complexity index is 3350. The Morgan fingerprint density at radius 1 is 0.190 bits per heavy atom. The smallest absolute Gasteiger partial charge is 0.0462 e. The van der Waals surface area contributed by atoms with Crippen LogP contribution < -0.4 is 4.90 Å². The molecular weight excluding hydrogens is 759 g/mol. The van der Waals surface area contributed by atoms with E-state index in [1.54, 1.807) is 0 Å². The van der Waals surface area contributed by atoms with Gasteiger partial charge in [0.25, 0.3) is 0 Å². The zero-order chi connectivity index (χ0) is 42.0. The fourth-order valence-corrected chi connectivity index (χ4v) is 9.26. The first-order chi connectivity index (χ1) is 31.3. The molecule has 0 spiro atoms. The van der Waals surface area contributed by atoms with Crippen molar-refractivity contribution in [3.8, 4) is 66.8 Å². The number of rotatable bonds is 9. The van der Waals surface area contributed by atoms with Crippen molar-refractivity contribution < 1.29 is 0 Å². The average Bonchev–Trinajstić information content (AvgIpc) is 3.37. The summed E-state index contributed by atoms with van der Waals surface area (Å²) in [5.74, 6) is 0. The predicted molar refractivity (Wildman–Crippen MR) is 269 cm³/mol. The van der Waals surface area contributed by atoms with Crippen LogP contribution in [0.15, 0.2) is 261 Å². The monoisotopic (exact) mass is 801 g/mol. The van der Waals surface area contributed by atoms with E-state index in [0.29, 0.717) is 0 Å². The second kappa shape index (κ2) is 16.7. The fraction of sp³-hybridized carbons (Fsp3) is 0. The highest BCUT2D eigenvalue weighted by Gasteiger charge is 2.18. The van der Waals surface area contributed by atoms with E-state index >= 15 is 0 Å². The van der Waals surface area contributed by atoms with E-state index in [4.69, 9.17) is 0 Å². The lowest BCUT2D eigenvalue weighted by Crippen LogP contribution is -2.09. The maximum absolute atomic E-state index is 2.36. The molecule has 0 saturated heterocycles. The normalized spacial score (nSPS) is 11.2. The molecule has 0 bridgehead atoms. The van der Waals surface area contributed by atoms with Crippen LogP contribution in [0.5, 0.6) is 0 Å². The van der Waals surface area contributed by atoms with Gasteiger partial charge in [0.15, 0.2) is 0 Å². The SMILES string of the molecule is c1ccc(-c2ccc(N(c3ccc(-c4ccccc4-c4ccccc4-c4ccccc4-c4ccccc4)cc3)c3ccc(-c4cc5ccccc5c5ccccc45)cc3)cc2)cc1. The number of benzene rings is 11. The highest BCUT2D eigenvalue weighted by atomic mass is 15.1. The summed E-state index contributed by atoms with van der Waals surface area (Å²) in [4.78, 5) is 2.36. The standard InChI is InChI=1S/C62H43N/c1-3-17-44(18-4-1)45-31-37-50(38-32-45)63(52-41-35-48(36-42-52)62-43-49-21-7-8-24-55(49)58-27-13-16-30-61(58)62)51-39-33-47(34-40-51)54-23-10-12-26-57(54)60-29-15-14-28-59(60)56-25-11-9-22-53(56)46-19-5-2-6-20-46/h1-43H. The molecule has 0 radical (unpaired) electrons. The summed E-state index contributed by atoms with van der Waals surface area (Å²) in [6, 6.07) is 94.5. The lowest BCUT2D eigenvalue weighted by molar-refractivity contribution is 1.28. The molecule has 0 aliphatic carbocycles. The van der Waals surface area contributed by atoms with E-state index in [-0.39, 0.29) is 0 Å². The molecule has 0 N–H and O–H groups in total. The molecule has 0 saturated carbocycles. The molecule has 11 rings (SSSR count). The first-order valence-electron chi connectivity index (χ1n) is 21.7. The Hall–Kier alpha value is -8.26.